The Morgan fingerprint density at radius 2 is 1.94 bits per heavy atom. The Labute approximate surface area is 97.1 Å². The molecule has 2 aliphatic heterocycles. The lowest BCUT2D eigenvalue weighted by molar-refractivity contribution is -0.126. The van der Waals surface area contributed by atoms with Gasteiger partial charge in [-0.3, -0.25) is 9.69 Å². The monoisotopic (exact) mass is 223 g/mol. The first-order valence-electron chi connectivity index (χ1n) is 5.82. The molecule has 0 radical (unpaired) electrons. The van der Waals surface area contributed by atoms with Gasteiger partial charge in [-0.05, 0) is 11.0 Å². The fourth-order valence-corrected chi connectivity index (χ4v) is 2.44. The van der Waals surface area contributed by atoms with Crippen molar-refractivity contribution < 1.29 is 4.79 Å². The van der Waals surface area contributed by atoms with E-state index in [0.717, 1.165) is 24.5 Å². The van der Waals surface area contributed by atoms with Crippen LogP contribution in [0.4, 0.5) is 0 Å². The number of carbonyl (C=O) groups is 1. The normalized spacial score (nSPS) is 23.2. The summed E-state index contributed by atoms with van der Waals surface area (Å²) in [5.41, 5.74) is 7.38. The van der Waals surface area contributed by atoms with E-state index in [4.69, 9.17) is 5.73 Å². The summed E-state index contributed by atoms with van der Waals surface area (Å²) in [6, 6.07) is -0.0444. The highest BCUT2D eigenvalue weighted by Crippen LogP contribution is 2.36. The second-order valence-electron chi connectivity index (χ2n) is 5.84. The van der Waals surface area contributed by atoms with Crippen LogP contribution in [0, 0.1) is 5.41 Å². The van der Waals surface area contributed by atoms with E-state index < -0.39 is 0 Å². The molecule has 90 valence electrons. The molecular formula is C12H21N3O. The minimum Gasteiger partial charge on any atom is -0.359 e. The predicted octanol–water partition coefficient (Wildman–Crippen LogP) is 0.749. The van der Waals surface area contributed by atoms with E-state index >= 15 is 0 Å². The second kappa shape index (κ2) is 3.48. The van der Waals surface area contributed by atoms with Gasteiger partial charge in [-0.2, -0.15) is 0 Å². The van der Waals surface area contributed by atoms with Gasteiger partial charge in [-0.15, -0.1) is 0 Å². The molecule has 2 N–H and O–H groups in total. The van der Waals surface area contributed by atoms with Gasteiger partial charge >= 0.3 is 0 Å². The predicted molar refractivity (Wildman–Crippen MR) is 63.4 cm³/mol. The zero-order chi connectivity index (χ0) is 12.1. The summed E-state index contributed by atoms with van der Waals surface area (Å²) in [4.78, 5) is 15.9. The van der Waals surface area contributed by atoms with Gasteiger partial charge < -0.3 is 10.6 Å². The van der Waals surface area contributed by atoms with Crippen molar-refractivity contribution in [3.05, 3.63) is 11.4 Å². The van der Waals surface area contributed by atoms with E-state index in [1.165, 1.54) is 0 Å². The standard InChI is InChI=1S/C12H21N3O/c1-12(2,3)10(13)8-7-9(16)15-6-5-14(4)11(8)15/h10H,5-7,13H2,1-4H3. The van der Waals surface area contributed by atoms with Gasteiger partial charge in [0.05, 0.1) is 6.42 Å². The molecule has 1 fully saturated rings. The van der Waals surface area contributed by atoms with E-state index in [-0.39, 0.29) is 17.4 Å². The molecule has 1 unspecified atom stereocenters. The quantitative estimate of drug-likeness (QED) is 0.713. The van der Waals surface area contributed by atoms with Crippen molar-refractivity contribution in [2.24, 2.45) is 11.1 Å². The van der Waals surface area contributed by atoms with E-state index in [9.17, 15) is 4.79 Å². The molecule has 2 heterocycles. The van der Waals surface area contributed by atoms with Crippen LogP contribution in [0.5, 0.6) is 0 Å². The average molecular weight is 223 g/mol. The molecule has 1 amide bonds. The van der Waals surface area contributed by atoms with Crippen LogP contribution < -0.4 is 5.73 Å². The molecule has 0 aromatic heterocycles. The minimum absolute atomic E-state index is 0.00204. The third-order valence-corrected chi connectivity index (χ3v) is 3.51. The van der Waals surface area contributed by atoms with Crippen LogP contribution in [0.25, 0.3) is 0 Å². The summed E-state index contributed by atoms with van der Waals surface area (Å²) in [6.07, 6.45) is 0.498. The molecule has 1 saturated heterocycles. The Hall–Kier alpha value is -1.03. The molecule has 0 spiro atoms. The maximum Gasteiger partial charge on any atom is 0.232 e. The lowest BCUT2D eigenvalue weighted by Crippen LogP contribution is -2.37. The first-order valence-corrected chi connectivity index (χ1v) is 5.82. The number of fused-ring (bicyclic) bond motifs is 1. The summed E-state index contributed by atoms with van der Waals surface area (Å²) in [7, 11) is 2.03. The van der Waals surface area contributed by atoms with E-state index in [1.54, 1.807) is 0 Å². The number of rotatable bonds is 1. The number of hydrogen-bond acceptors (Lipinski definition) is 3. The van der Waals surface area contributed by atoms with Gasteiger partial charge in [0.15, 0.2) is 0 Å². The number of nitrogens with two attached hydrogens (primary N) is 1. The van der Waals surface area contributed by atoms with E-state index in [0.29, 0.717) is 6.42 Å². The topological polar surface area (TPSA) is 49.6 Å². The summed E-state index contributed by atoms with van der Waals surface area (Å²) < 4.78 is 0. The molecule has 2 rings (SSSR count). The second-order valence-corrected chi connectivity index (χ2v) is 5.84. The van der Waals surface area contributed by atoms with Crippen molar-refractivity contribution in [2.45, 2.75) is 33.2 Å². The number of likely N-dealkylation sites (N-methyl/N-ethyl adjacent to an activating group) is 1. The van der Waals surface area contributed by atoms with Gasteiger partial charge in [0.1, 0.15) is 5.82 Å². The van der Waals surface area contributed by atoms with Crippen LogP contribution in [-0.4, -0.2) is 41.9 Å². The van der Waals surface area contributed by atoms with Crippen LogP contribution in [0.15, 0.2) is 11.4 Å². The van der Waals surface area contributed by atoms with Crippen LogP contribution in [0.1, 0.15) is 27.2 Å². The summed E-state index contributed by atoms with van der Waals surface area (Å²) in [5.74, 6) is 1.27. The highest BCUT2D eigenvalue weighted by molar-refractivity contribution is 5.85. The van der Waals surface area contributed by atoms with Crippen LogP contribution >= 0.6 is 0 Å². The number of carbonyl (C=O) groups excluding carboxylic acids is 1. The fourth-order valence-electron chi connectivity index (χ4n) is 2.44. The minimum atomic E-state index is -0.0444. The smallest absolute Gasteiger partial charge is 0.232 e. The van der Waals surface area contributed by atoms with Crippen molar-refractivity contribution in [1.29, 1.82) is 0 Å². The average Bonchev–Trinajstić information content (AvgIpc) is 2.67. The zero-order valence-corrected chi connectivity index (χ0v) is 10.6. The molecule has 0 saturated carbocycles. The summed E-state index contributed by atoms with van der Waals surface area (Å²) >= 11 is 0. The third kappa shape index (κ3) is 1.61. The Balaban J connectivity index is 2.36. The van der Waals surface area contributed by atoms with Gasteiger partial charge in [0, 0.05) is 26.2 Å². The molecule has 0 aromatic rings. The third-order valence-electron chi connectivity index (χ3n) is 3.51. The van der Waals surface area contributed by atoms with Crippen molar-refractivity contribution in [1.82, 2.24) is 9.80 Å². The number of amides is 1. The van der Waals surface area contributed by atoms with Crippen molar-refractivity contribution in [3.8, 4) is 0 Å². The highest BCUT2D eigenvalue weighted by atomic mass is 16.2. The Morgan fingerprint density at radius 1 is 1.31 bits per heavy atom. The number of hydrogen-bond donors (Lipinski definition) is 1. The molecular weight excluding hydrogens is 202 g/mol. The van der Waals surface area contributed by atoms with Crippen molar-refractivity contribution >= 4 is 5.91 Å². The van der Waals surface area contributed by atoms with Crippen LogP contribution in [-0.2, 0) is 4.79 Å². The van der Waals surface area contributed by atoms with Gasteiger partial charge in [-0.25, -0.2) is 0 Å². The lowest BCUT2D eigenvalue weighted by Gasteiger charge is -2.29. The molecule has 0 aromatic carbocycles. The molecule has 0 aliphatic carbocycles. The maximum absolute atomic E-state index is 11.8. The number of nitrogens with zero attached hydrogens (tertiary/aromatic N) is 2. The molecule has 16 heavy (non-hydrogen) atoms. The van der Waals surface area contributed by atoms with Crippen LogP contribution in [0.2, 0.25) is 0 Å². The first kappa shape index (κ1) is 11.5. The van der Waals surface area contributed by atoms with Gasteiger partial charge in [-0.1, -0.05) is 20.8 Å². The highest BCUT2D eigenvalue weighted by Gasteiger charge is 2.40. The molecule has 0 bridgehead atoms. The Morgan fingerprint density at radius 3 is 2.50 bits per heavy atom. The van der Waals surface area contributed by atoms with Crippen molar-refractivity contribution in [3.63, 3.8) is 0 Å². The lowest BCUT2D eigenvalue weighted by atomic mass is 9.82. The molecule has 1 atom stereocenters. The van der Waals surface area contributed by atoms with Gasteiger partial charge in [0.25, 0.3) is 0 Å². The first-order chi connectivity index (χ1) is 7.32. The van der Waals surface area contributed by atoms with E-state index in [1.807, 2.05) is 11.9 Å². The summed E-state index contributed by atoms with van der Waals surface area (Å²) in [5, 5.41) is 0. The summed E-state index contributed by atoms with van der Waals surface area (Å²) in [6.45, 7) is 8.08. The largest absolute Gasteiger partial charge is 0.359 e. The van der Waals surface area contributed by atoms with Crippen LogP contribution in [0.3, 0.4) is 0 Å². The maximum atomic E-state index is 11.8. The molecule has 4 heteroatoms. The van der Waals surface area contributed by atoms with Gasteiger partial charge in [0.2, 0.25) is 5.91 Å². The SMILES string of the molecule is CN1CCN2C(=O)CC(C(N)C(C)(C)C)=C12. The Kier molecular flexibility index (Phi) is 2.49. The van der Waals surface area contributed by atoms with E-state index in [2.05, 4.69) is 25.7 Å². The van der Waals surface area contributed by atoms with Crippen molar-refractivity contribution in [2.75, 3.05) is 20.1 Å². The molecule has 2 aliphatic rings. The zero-order valence-electron chi connectivity index (χ0n) is 10.6. The Bertz CT molecular complexity index is 354. The molecule has 4 nitrogen and oxygen atoms in total. The fraction of sp³-hybridized carbons (Fsp3) is 0.750.